The molecule has 0 aliphatic heterocycles. The Bertz CT molecular complexity index is 560. The van der Waals surface area contributed by atoms with Crippen LogP contribution in [0.25, 0.3) is 0 Å². The molecular formula is C13H17N3O2S2. The predicted octanol–water partition coefficient (Wildman–Crippen LogP) is 3.28. The van der Waals surface area contributed by atoms with Crippen molar-refractivity contribution in [2.75, 3.05) is 26.1 Å². The van der Waals surface area contributed by atoms with Gasteiger partial charge >= 0.3 is 0 Å². The largest absolute Gasteiger partial charge is 0.497 e. The minimum Gasteiger partial charge on any atom is -0.497 e. The summed E-state index contributed by atoms with van der Waals surface area (Å²) in [6.45, 7) is 2.89. The van der Waals surface area contributed by atoms with Crippen LogP contribution in [0.1, 0.15) is 12.5 Å². The van der Waals surface area contributed by atoms with Gasteiger partial charge in [-0.3, -0.25) is 0 Å². The van der Waals surface area contributed by atoms with Gasteiger partial charge in [0.15, 0.2) is 4.34 Å². The maximum atomic E-state index is 5.36. The van der Waals surface area contributed by atoms with Crippen LogP contribution in [0.4, 0.5) is 5.13 Å². The van der Waals surface area contributed by atoms with E-state index in [9.17, 15) is 0 Å². The van der Waals surface area contributed by atoms with Crippen LogP contribution in [0, 0.1) is 0 Å². The van der Waals surface area contributed by atoms with Crippen molar-refractivity contribution >= 4 is 28.2 Å². The van der Waals surface area contributed by atoms with Crippen molar-refractivity contribution < 1.29 is 9.47 Å². The Kier molecular flexibility index (Phi) is 5.49. The number of rotatable bonds is 7. The molecule has 0 aliphatic rings. The van der Waals surface area contributed by atoms with Crippen LogP contribution < -0.4 is 14.8 Å². The predicted molar refractivity (Wildman–Crippen MR) is 83.2 cm³/mol. The highest BCUT2D eigenvalue weighted by Gasteiger charge is 2.09. The second-order valence-electron chi connectivity index (χ2n) is 3.87. The molecule has 0 amide bonds. The fourth-order valence-electron chi connectivity index (χ4n) is 1.62. The highest BCUT2D eigenvalue weighted by atomic mass is 32.2. The maximum absolute atomic E-state index is 5.36. The van der Waals surface area contributed by atoms with Gasteiger partial charge in [-0.25, -0.2) is 0 Å². The fourth-order valence-corrected chi connectivity index (χ4v) is 3.42. The minimum absolute atomic E-state index is 0.765. The molecule has 108 valence electrons. The molecule has 0 radical (unpaired) electrons. The average molecular weight is 311 g/mol. The summed E-state index contributed by atoms with van der Waals surface area (Å²) in [5, 5.41) is 12.2. The third kappa shape index (κ3) is 3.77. The first-order valence-electron chi connectivity index (χ1n) is 6.18. The normalized spacial score (nSPS) is 10.3. The first-order chi connectivity index (χ1) is 9.76. The molecule has 1 aromatic carbocycles. The number of aromatic nitrogens is 2. The van der Waals surface area contributed by atoms with Crippen LogP contribution in [0.15, 0.2) is 22.5 Å². The van der Waals surface area contributed by atoms with Crippen molar-refractivity contribution in [3.05, 3.63) is 23.8 Å². The Morgan fingerprint density at radius 1 is 1.25 bits per heavy atom. The molecule has 0 aliphatic carbocycles. The van der Waals surface area contributed by atoms with E-state index in [1.165, 1.54) is 0 Å². The Labute approximate surface area is 126 Å². The summed E-state index contributed by atoms with van der Waals surface area (Å²) >= 11 is 3.20. The van der Waals surface area contributed by atoms with E-state index in [2.05, 4.69) is 15.5 Å². The van der Waals surface area contributed by atoms with Crippen LogP contribution in [-0.4, -0.2) is 31.0 Å². The van der Waals surface area contributed by atoms with Gasteiger partial charge in [0.05, 0.1) is 14.2 Å². The summed E-state index contributed by atoms with van der Waals surface area (Å²) in [5.41, 5.74) is 1.08. The molecule has 0 fully saturated rings. The second-order valence-corrected chi connectivity index (χ2v) is 6.07. The summed E-state index contributed by atoms with van der Waals surface area (Å²) in [6, 6.07) is 5.79. The van der Waals surface area contributed by atoms with E-state index >= 15 is 0 Å². The molecule has 2 rings (SSSR count). The number of thioether (sulfide) groups is 1. The maximum Gasteiger partial charge on any atom is 0.206 e. The zero-order chi connectivity index (χ0) is 14.4. The Morgan fingerprint density at radius 2 is 2.10 bits per heavy atom. The van der Waals surface area contributed by atoms with E-state index in [1.54, 1.807) is 37.3 Å². The lowest BCUT2D eigenvalue weighted by atomic mass is 10.2. The van der Waals surface area contributed by atoms with E-state index in [0.29, 0.717) is 0 Å². The molecule has 20 heavy (non-hydrogen) atoms. The molecule has 2 aromatic rings. The van der Waals surface area contributed by atoms with Gasteiger partial charge in [-0.1, -0.05) is 23.1 Å². The number of nitrogens with zero attached hydrogens (tertiary/aromatic N) is 2. The van der Waals surface area contributed by atoms with Crippen molar-refractivity contribution in [2.24, 2.45) is 0 Å². The lowest BCUT2D eigenvalue weighted by molar-refractivity contribution is 0.400. The van der Waals surface area contributed by atoms with Gasteiger partial charge < -0.3 is 14.8 Å². The molecule has 1 heterocycles. The van der Waals surface area contributed by atoms with Crippen molar-refractivity contribution in [1.29, 1.82) is 0 Å². The molecule has 0 atom stereocenters. The zero-order valence-electron chi connectivity index (χ0n) is 11.7. The number of hydrogen-bond acceptors (Lipinski definition) is 7. The van der Waals surface area contributed by atoms with Crippen LogP contribution >= 0.6 is 23.1 Å². The third-order valence-electron chi connectivity index (χ3n) is 2.57. The monoisotopic (exact) mass is 311 g/mol. The summed E-state index contributed by atoms with van der Waals surface area (Å²) in [6.07, 6.45) is 0. The summed E-state index contributed by atoms with van der Waals surface area (Å²) in [5.74, 6) is 2.45. The average Bonchev–Trinajstić information content (AvgIpc) is 2.93. The molecule has 0 bridgehead atoms. The first kappa shape index (κ1) is 14.9. The Morgan fingerprint density at radius 3 is 2.80 bits per heavy atom. The van der Waals surface area contributed by atoms with Gasteiger partial charge in [0, 0.05) is 17.9 Å². The molecule has 0 spiro atoms. The summed E-state index contributed by atoms with van der Waals surface area (Å²) in [7, 11) is 3.33. The van der Waals surface area contributed by atoms with Gasteiger partial charge in [-0.05, 0) is 25.1 Å². The summed E-state index contributed by atoms with van der Waals surface area (Å²) in [4.78, 5) is 0. The van der Waals surface area contributed by atoms with Crippen LogP contribution in [-0.2, 0) is 5.75 Å². The van der Waals surface area contributed by atoms with E-state index < -0.39 is 0 Å². The van der Waals surface area contributed by atoms with E-state index in [-0.39, 0.29) is 0 Å². The van der Waals surface area contributed by atoms with Gasteiger partial charge in [0.25, 0.3) is 0 Å². The first-order valence-corrected chi connectivity index (χ1v) is 7.98. The summed E-state index contributed by atoms with van der Waals surface area (Å²) < 4.78 is 11.5. The van der Waals surface area contributed by atoms with Crippen LogP contribution in [0.3, 0.4) is 0 Å². The third-order valence-corrected chi connectivity index (χ3v) is 4.64. The molecule has 0 saturated carbocycles. The number of methoxy groups -OCH3 is 2. The molecule has 1 N–H and O–H groups in total. The molecule has 5 nitrogen and oxygen atoms in total. The highest BCUT2D eigenvalue weighted by Crippen LogP contribution is 2.32. The van der Waals surface area contributed by atoms with Crippen molar-refractivity contribution in [2.45, 2.75) is 17.0 Å². The number of nitrogens with one attached hydrogen (secondary N) is 1. The lowest BCUT2D eigenvalue weighted by Crippen LogP contribution is -1.94. The van der Waals surface area contributed by atoms with Gasteiger partial charge in [0.2, 0.25) is 5.13 Å². The van der Waals surface area contributed by atoms with E-state index in [1.807, 2.05) is 25.1 Å². The fraction of sp³-hybridized carbons (Fsp3) is 0.385. The molecule has 0 unspecified atom stereocenters. The van der Waals surface area contributed by atoms with E-state index in [0.717, 1.165) is 38.8 Å². The lowest BCUT2D eigenvalue weighted by Gasteiger charge is -2.09. The van der Waals surface area contributed by atoms with Gasteiger partial charge in [0.1, 0.15) is 11.5 Å². The van der Waals surface area contributed by atoms with Crippen molar-refractivity contribution in [1.82, 2.24) is 10.2 Å². The zero-order valence-corrected chi connectivity index (χ0v) is 13.3. The van der Waals surface area contributed by atoms with E-state index in [4.69, 9.17) is 9.47 Å². The Hall–Kier alpha value is -1.47. The quantitative estimate of drug-likeness (QED) is 0.792. The van der Waals surface area contributed by atoms with Gasteiger partial charge in [-0.2, -0.15) is 0 Å². The molecule has 7 heteroatoms. The van der Waals surface area contributed by atoms with Crippen molar-refractivity contribution in [3.63, 3.8) is 0 Å². The molecule has 1 aromatic heterocycles. The molecule has 0 saturated heterocycles. The smallest absolute Gasteiger partial charge is 0.206 e. The number of ether oxygens (including phenoxy) is 2. The van der Waals surface area contributed by atoms with Crippen molar-refractivity contribution in [3.8, 4) is 11.5 Å². The second kappa shape index (κ2) is 7.35. The number of anilines is 1. The van der Waals surface area contributed by atoms with Crippen LogP contribution in [0.5, 0.6) is 11.5 Å². The minimum atomic E-state index is 0.765. The Balaban J connectivity index is 2.05. The topological polar surface area (TPSA) is 56.3 Å². The highest BCUT2D eigenvalue weighted by molar-refractivity contribution is 8.00. The standard InChI is InChI=1S/C13H17N3O2S2/c1-4-14-12-15-16-13(20-12)19-8-9-7-10(17-2)5-6-11(9)18-3/h5-7H,4,8H2,1-3H3,(H,14,15). The number of hydrogen-bond donors (Lipinski definition) is 1. The van der Waals surface area contributed by atoms with Gasteiger partial charge in [-0.15, -0.1) is 10.2 Å². The number of benzene rings is 1. The SMILES string of the molecule is CCNc1nnc(SCc2cc(OC)ccc2OC)s1. The molecular weight excluding hydrogens is 294 g/mol. The van der Waals surface area contributed by atoms with Crippen LogP contribution in [0.2, 0.25) is 0 Å².